The number of H-pyrrole nitrogens is 1. The lowest BCUT2D eigenvalue weighted by atomic mass is 10.0. The van der Waals surface area contributed by atoms with Gasteiger partial charge in [0.15, 0.2) is 23.5 Å². The van der Waals surface area contributed by atoms with Gasteiger partial charge in [-0.1, -0.05) is 0 Å². The van der Waals surface area contributed by atoms with Gasteiger partial charge in [-0.25, -0.2) is 18.1 Å². The molecule has 2 N–H and O–H groups in total. The minimum Gasteiger partial charge on any atom is -0.462 e. The molecule has 1 aliphatic heterocycles. The van der Waals surface area contributed by atoms with Gasteiger partial charge in [0.1, 0.15) is 17.1 Å². The van der Waals surface area contributed by atoms with Crippen molar-refractivity contribution in [3.05, 3.63) is 51.1 Å². The fourth-order valence-corrected chi connectivity index (χ4v) is 5.90. The van der Waals surface area contributed by atoms with Crippen molar-refractivity contribution in [3.8, 4) is 5.75 Å². The van der Waals surface area contributed by atoms with Gasteiger partial charge in [0.05, 0.1) is 30.5 Å². The van der Waals surface area contributed by atoms with E-state index in [-0.39, 0.29) is 17.5 Å². The molecular weight excluding hydrogens is 563 g/mol. The molecule has 3 aromatic rings. The number of nitrogens with one attached hydrogen (secondary N) is 2. The molecule has 0 radical (unpaired) electrons. The first-order valence-electron chi connectivity index (χ1n) is 11.8. The van der Waals surface area contributed by atoms with Crippen molar-refractivity contribution in [2.75, 3.05) is 6.61 Å². The van der Waals surface area contributed by atoms with Gasteiger partial charge < -0.3 is 14.0 Å². The summed E-state index contributed by atoms with van der Waals surface area (Å²) < 4.78 is 74.4. The number of rotatable bonds is 10. The zero-order valence-electron chi connectivity index (χ0n) is 21.3. The van der Waals surface area contributed by atoms with Crippen molar-refractivity contribution in [1.29, 1.82) is 0 Å². The van der Waals surface area contributed by atoms with E-state index in [4.69, 9.17) is 18.5 Å². The van der Waals surface area contributed by atoms with E-state index in [1.807, 2.05) is 4.98 Å². The number of aromatic amines is 1. The van der Waals surface area contributed by atoms with Gasteiger partial charge in [0.2, 0.25) is 0 Å². The lowest BCUT2D eigenvalue weighted by Gasteiger charge is -2.24. The van der Waals surface area contributed by atoms with Crippen LogP contribution in [0.1, 0.15) is 40.3 Å². The van der Waals surface area contributed by atoms with E-state index >= 15 is 4.39 Å². The van der Waals surface area contributed by atoms with Gasteiger partial charge >= 0.3 is 19.4 Å². The van der Waals surface area contributed by atoms with Crippen LogP contribution in [-0.4, -0.2) is 54.8 Å². The first-order chi connectivity index (χ1) is 18.3. The van der Waals surface area contributed by atoms with E-state index in [0.717, 1.165) is 34.6 Å². The highest BCUT2D eigenvalue weighted by Gasteiger charge is 2.48. The summed E-state index contributed by atoms with van der Waals surface area (Å²) in [7, 11) is -4.54. The number of hydrogen-bond acceptors (Lipinski definition) is 11. The van der Waals surface area contributed by atoms with E-state index in [1.54, 1.807) is 13.8 Å². The predicted octanol–water partition coefficient (Wildman–Crippen LogP) is 2.83. The van der Waals surface area contributed by atoms with Gasteiger partial charge in [-0.3, -0.25) is 23.7 Å². The molecule has 3 heterocycles. The molecule has 39 heavy (non-hydrogen) atoms. The van der Waals surface area contributed by atoms with Crippen LogP contribution >= 0.6 is 19.5 Å². The topological polar surface area (TPSA) is 164 Å². The molecule has 5 unspecified atom stereocenters. The molecule has 1 saturated heterocycles. The molecule has 0 bridgehead atoms. The van der Waals surface area contributed by atoms with Crippen LogP contribution in [0.2, 0.25) is 0 Å². The predicted molar refractivity (Wildman–Crippen MR) is 135 cm³/mol. The third kappa shape index (κ3) is 6.76. The fourth-order valence-electron chi connectivity index (χ4n) is 3.87. The third-order valence-corrected chi connectivity index (χ3v) is 7.77. The van der Waals surface area contributed by atoms with Gasteiger partial charge in [0, 0.05) is 30.8 Å². The zero-order chi connectivity index (χ0) is 28.5. The average molecular weight is 590 g/mol. The SMILES string of the molecule is CC(C)OC(=O)C(C)NP(=O)(OCC1CC(C)(F)C(n2ccc(=O)[nH]c2=O)O1)Oc1cc2nsnc2cc1F. The van der Waals surface area contributed by atoms with E-state index in [2.05, 4.69) is 13.8 Å². The van der Waals surface area contributed by atoms with Crippen LogP contribution in [0.4, 0.5) is 8.78 Å². The second-order valence-electron chi connectivity index (χ2n) is 9.37. The van der Waals surface area contributed by atoms with Crippen molar-refractivity contribution < 1.29 is 36.7 Å². The normalized spacial score (nSPS) is 23.6. The first-order valence-corrected chi connectivity index (χ1v) is 14.0. The minimum absolute atomic E-state index is 0.257. The summed E-state index contributed by atoms with van der Waals surface area (Å²) in [5, 5.41) is 2.41. The molecule has 17 heteroatoms. The smallest absolute Gasteiger partial charge is 0.459 e. The summed E-state index contributed by atoms with van der Waals surface area (Å²) in [4.78, 5) is 37.9. The van der Waals surface area contributed by atoms with Crippen molar-refractivity contribution in [1.82, 2.24) is 23.4 Å². The highest BCUT2D eigenvalue weighted by atomic mass is 32.1. The molecule has 0 aliphatic carbocycles. The molecule has 13 nitrogen and oxygen atoms in total. The van der Waals surface area contributed by atoms with E-state index in [0.29, 0.717) is 0 Å². The van der Waals surface area contributed by atoms with Crippen LogP contribution in [0.3, 0.4) is 0 Å². The Balaban J connectivity index is 1.55. The number of alkyl halides is 1. The van der Waals surface area contributed by atoms with Gasteiger partial charge in [-0.2, -0.15) is 13.8 Å². The molecular formula is C22H26F2N5O8PS. The molecule has 2 aromatic heterocycles. The Morgan fingerprint density at radius 2 is 2.03 bits per heavy atom. The minimum atomic E-state index is -4.54. The maximum Gasteiger partial charge on any atom is 0.459 e. The van der Waals surface area contributed by atoms with E-state index in [1.165, 1.54) is 19.9 Å². The van der Waals surface area contributed by atoms with Crippen molar-refractivity contribution in [3.63, 3.8) is 0 Å². The molecule has 4 rings (SSSR count). The lowest BCUT2D eigenvalue weighted by molar-refractivity contribution is -0.149. The zero-order valence-corrected chi connectivity index (χ0v) is 23.0. The highest BCUT2D eigenvalue weighted by molar-refractivity contribution is 7.52. The first kappa shape index (κ1) is 29.0. The van der Waals surface area contributed by atoms with Gasteiger partial charge in [0.25, 0.3) is 5.56 Å². The van der Waals surface area contributed by atoms with Crippen LogP contribution in [0.5, 0.6) is 5.75 Å². The molecule has 5 atom stereocenters. The van der Waals surface area contributed by atoms with Gasteiger partial charge in [-0.15, -0.1) is 0 Å². The Bertz CT molecular complexity index is 1530. The van der Waals surface area contributed by atoms with Crippen LogP contribution in [0.15, 0.2) is 34.0 Å². The van der Waals surface area contributed by atoms with Crippen molar-refractivity contribution in [2.24, 2.45) is 0 Å². The summed E-state index contributed by atoms with van der Waals surface area (Å²) >= 11 is 0.840. The lowest BCUT2D eigenvalue weighted by Crippen LogP contribution is -2.38. The van der Waals surface area contributed by atoms with E-state index in [9.17, 15) is 23.3 Å². The number of fused-ring (bicyclic) bond motifs is 1. The van der Waals surface area contributed by atoms with Crippen LogP contribution in [-0.2, 0) is 23.4 Å². The number of aromatic nitrogens is 4. The summed E-state index contributed by atoms with van der Waals surface area (Å²) in [5.74, 6) is -2.18. The van der Waals surface area contributed by atoms with Crippen LogP contribution in [0, 0.1) is 5.82 Å². The monoisotopic (exact) mass is 589 g/mol. The average Bonchev–Trinajstić information content (AvgIpc) is 3.40. The number of hydrogen-bond donors (Lipinski definition) is 2. The van der Waals surface area contributed by atoms with Crippen molar-refractivity contribution >= 4 is 36.5 Å². The maximum absolute atomic E-state index is 15.4. The second-order valence-corrected chi connectivity index (χ2v) is 11.6. The quantitative estimate of drug-likeness (QED) is 0.264. The van der Waals surface area contributed by atoms with E-state index < -0.39 is 73.3 Å². The summed E-state index contributed by atoms with van der Waals surface area (Å²) in [6.07, 6.45) is -2.14. The van der Waals surface area contributed by atoms with Crippen molar-refractivity contribution in [2.45, 2.75) is 64.3 Å². The fraction of sp³-hybridized carbons (Fsp3) is 0.500. The third-order valence-electron chi connectivity index (χ3n) is 5.58. The Hall–Kier alpha value is -3.04. The number of esters is 1. The molecule has 0 spiro atoms. The number of carbonyl (C=O) groups is 1. The summed E-state index contributed by atoms with van der Waals surface area (Å²) in [5.41, 5.74) is -3.10. The molecule has 1 aliphatic rings. The molecule has 212 valence electrons. The number of ether oxygens (including phenoxy) is 2. The maximum atomic E-state index is 15.4. The molecule has 0 amide bonds. The highest BCUT2D eigenvalue weighted by Crippen LogP contribution is 2.48. The number of nitrogens with zero attached hydrogens (tertiary/aromatic N) is 3. The number of benzene rings is 1. The standard InChI is InChI=1S/C22H26F2N5O8PS/c1-11(2)35-19(31)12(3)26-38(33,37-17-8-16-15(7-14(17)23)27-39-28-16)34-10-13-9-22(4,24)20(36-13)29-6-5-18(30)25-21(29)32/h5-8,11-13,20H,9-10H2,1-4H3,(H,26,33)(H,25,30,32). The summed E-state index contributed by atoms with van der Waals surface area (Å²) in [6.45, 7) is 5.25. The molecule has 1 fully saturated rings. The van der Waals surface area contributed by atoms with Crippen LogP contribution < -0.4 is 20.9 Å². The Morgan fingerprint density at radius 1 is 1.33 bits per heavy atom. The Kier molecular flexibility index (Phi) is 8.33. The number of carbonyl (C=O) groups excluding carboxylic acids is 1. The summed E-state index contributed by atoms with van der Waals surface area (Å²) in [6, 6.07) is 2.04. The largest absolute Gasteiger partial charge is 0.462 e. The molecule has 0 saturated carbocycles. The Morgan fingerprint density at radius 3 is 2.69 bits per heavy atom. The second kappa shape index (κ2) is 11.2. The van der Waals surface area contributed by atoms with Gasteiger partial charge in [-0.05, 0) is 27.7 Å². The Labute approximate surface area is 224 Å². The molecule has 1 aromatic carbocycles. The van der Waals surface area contributed by atoms with Crippen LogP contribution in [0.25, 0.3) is 11.0 Å². The number of halogens is 2.